The maximum atomic E-state index is 12.1. The molecule has 0 radical (unpaired) electrons. The Balaban J connectivity index is 1.91. The Morgan fingerprint density at radius 1 is 1.29 bits per heavy atom. The van der Waals surface area contributed by atoms with Crippen LogP contribution in [0.2, 0.25) is 0 Å². The molecule has 0 unspecified atom stereocenters. The Morgan fingerprint density at radius 3 is 2.76 bits per heavy atom. The van der Waals surface area contributed by atoms with Gasteiger partial charge in [0.2, 0.25) is 5.91 Å². The summed E-state index contributed by atoms with van der Waals surface area (Å²) in [5.74, 6) is -0.364. The molecule has 3 N–H and O–H groups in total. The SMILES string of the molecule is COCCNC(=O)c1ccccc1NC(=O)CNC1CC1. The van der Waals surface area contributed by atoms with Crippen LogP contribution >= 0.6 is 0 Å². The van der Waals surface area contributed by atoms with E-state index in [4.69, 9.17) is 4.74 Å². The van der Waals surface area contributed by atoms with Crippen molar-refractivity contribution in [2.24, 2.45) is 0 Å². The molecule has 2 amide bonds. The van der Waals surface area contributed by atoms with Crippen molar-refractivity contribution in [1.82, 2.24) is 10.6 Å². The molecule has 6 heteroatoms. The molecule has 1 saturated carbocycles. The van der Waals surface area contributed by atoms with E-state index in [0.29, 0.717) is 30.4 Å². The van der Waals surface area contributed by atoms with E-state index in [-0.39, 0.29) is 18.4 Å². The Kier molecular flexibility index (Phi) is 5.71. The predicted molar refractivity (Wildman–Crippen MR) is 80.3 cm³/mol. The minimum Gasteiger partial charge on any atom is -0.383 e. The Labute approximate surface area is 124 Å². The molecular weight excluding hydrogens is 270 g/mol. The standard InChI is InChI=1S/C15H21N3O3/c1-21-9-8-16-15(20)12-4-2-3-5-13(12)18-14(19)10-17-11-6-7-11/h2-5,11,17H,6-10H2,1H3,(H,16,20)(H,18,19). The van der Waals surface area contributed by atoms with Gasteiger partial charge in [-0.3, -0.25) is 9.59 Å². The van der Waals surface area contributed by atoms with Gasteiger partial charge >= 0.3 is 0 Å². The molecule has 114 valence electrons. The fraction of sp³-hybridized carbons (Fsp3) is 0.467. The first kappa shape index (κ1) is 15.5. The van der Waals surface area contributed by atoms with Gasteiger partial charge < -0.3 is 20.7 Å². The first-order chi connectivity index (χ1) is 10.2. The molecule has 0 atom stereocenters. The first-order valence-corrected chi connectivity index (χ1v) is 7.10. The number of amides is 2. The molecular formula is C15H21N3O3. The van der Waals surface area contributed by atoms with Crippen molar-refractivity contribution in [3.8, 4) is 0 Å². The van der Waals surface area contributed by atoms with Crippen LogP contribution in [0.25, 0.3) is 0 Å². The fourth-order valence-corrected chi connectivity index (χ4v) is 1.87. The van der Waals surface area contributed by atoms with E-state index < -0.39 is 0 Å². The van der Waals surface area contributed by atoms with Gasteiger partial charge in [0.1, 0.15) is 0 Å². The second-order valence-electron chi connectivity index (χ2n) is 5.00. The highest BCUT2D eigenvalue weighted by molar-refractivity contribution is 6.04. The lowest BCUT2D eigenvalue weighted by atomic mass is 10.1. The number of para-hydroxylation sites is 1. The van der Waals surface area contributed by atoms with E-state index in [9.17, 15) is 9.59 Å². The molecule has 0 aliphatic heterocycles. The van der Waals surface area contributed by atoms with Crippen molar-refractivity contribution in [2.45, 2.75) is 18.9 Å². The molecule has 2 rings (SSSR count). The number of anilines is 1. The second kappa shape index (κ2) is 7.75. The normalized spacial score (nSPS) is 13.8. The Bertz CT molecular complexity index is 501. The molecule has 0 aromatic heterocycles. The molecule has 6 nitrogen and oxygen atoms in total. The Hall–Kier alpha value is -1.92. The number of nitrogens with one attached hydrogen (secondary N) is 3. The van der Waals surface area contributed by atoms with Gasteiger partial charge in [-0.15, -0.1) is 0 Å². The van der Waals surface area contributed by atoms with Gasteiger partial charge in [-0.2, -0.15) is 0 Å². The summed E-state index contributed by atoms with van der Waals surface area (Å²) in [6.45, 7) is 1.15. The second-order valence-corrected chi connectivity index (χ2v) is 5.00. The number of methoxy groups -OCH3 is 1. The van der Waals surface area contributed by atoms with Crippen LogP contribution in [0.15, 0.2) is 24.3 Å². The quantitative estimate of drug-likeness (QED) is 0.618. The monoisotopic (exact) mass is 291 g/mol. The summed E-state index contributed by atoms with van der Waals surface area (Å²) in [7, 11) is 1.58. The summed E-state index contributed by atoms with van der Waals surface area (Å²) in [4.78, 5) is 23.9. The molecule has 0 spiro atoms. The van der Waals surface area contributed by atoms with Gasteiger partial charge in [-0.25, -0.2) is 0 Å². The van der Waals surface area contributed by atoms with Gasteiger partial charge in [0.25, 0.3) is 5.91 Å². The molecule has 0 heterocycles. The summed E-state index contributed by atoms with van der Waals surface area (Å²) >= 11 is 0. The van der Waals surface area contributed by atoms with E-state index in [1.165, 1.54) is 0 Å². The van der Waals surface area contributed by atoms with E-state index in [1.807, 2.05) is 0 Å². The maximum Gasteiger partial charge on any atom is 0.253 e. The van der Waals surface area contributed by atoms with Crippen LogP contribution in [0.1, 0.15) is 23.2 Å². The highest BCUT2D eigenvalue weighted by atomic mass is 16.5. The zero-order valence-electron chi connectivity index (χ0n) is 12.1. The zero-order valence-corrected chi connectivity index (χ0v) is 12.1. The first-order valence-electron chi connectivity index (χ1n) is 7.10. The zero-order chi connectivity index (χ0) is 15.1. The summed E-state index contributed by atoms with van der Waals surface area (Å²) < 4.78 is 4.89. The number of benzene rings is 1. The lowest BCUT2D eigenvalue weighted by Crippen LogP contribution is -2.31. The molecule has 21 heavy (non-hydrogen) atoms. The molecule has 0 saturated heterocycles. The van der Waals surface area contributed by atoms with Crippen LogP contribution in [-0.4, -0.2) is 44.7 Å². The minimum absolute atomic E-state index is 0.140. The van der Waals surface area contributed by atoms with Crippen molar-refractivity contribution in [3.05, 3.63) is 29.8 Å². The third-order valence-electron chi connectivity index (χ3n) is 3.17. The third kappa shape index (κ3) is 5.17. The molecule has 1 aromatic rings. The van der Waals surface area contributed by atoms with Gasteiger partial charge in [-0.05, 0) is 25.0 Å². The van der Waals surface area contributed by atoms with E-state index >= 15 is 0 Å². The summed E-state index contributed by atoms with van der Waals surface area (Å²) in [6.07, 6.45) is 2.26. The van der Waals surface area contributed by atoms with Gasteiger partial charge in [0.15, 0.2) is 0 Å². The number of rotatable bonds is 8. The molecule has 1 aliphatic rings. The number of hydrogen-bond acceptors (Lipinski definition) is 4. The lowest BCUT2D eigenvalue weighted by Gasteiger charge is -2.11. The predicted octanol–water partition coefficient (Wildman–Crippen LogP) is 0.753. The number of ether oxygens (including phenoxy) is 1. The lowest BCUT2D eigenvalue weighted by molar-refractivity contribution is -0.115. The van der Waals surface area contributed by atoms with Crippen molar-refractivity contribution in [1.29, 1.82) is 0 Å². The number of hydrogen-bond donors (Lipinski definition) is 3. The number of carbonyl (C=O) groups is 2. The van der Waals surface area contributed by atoms with Gasteiger partial charge in [0, 0.05) is 19.7 Å². The fourth-order valence-electron chi connectivity index (χ4n) is 1.87. The highest BCUT2D eigenvalue weighted by Crippen LogP contribution is 2.18. The number of carbonyl (C=O) groups excluding carboxylic acids is 2. The summed E-state index contributed by atoms with van der Waals surface area (Å²) in [6, 6.07) is 7.44. The average Bonchev–Trinajstić information content (AvgIpc) is 3.30. The molecule has 1 fully saturated rings. The average molecular weight is 291 g/mol. The molecule has 0 bridgehead atoms. The van der Waals surface area contributed by atoms with Crippen molar-refractivity contribution in [3.63, 3.8) is 0 Å². The van der Waals surface area contributed by atoms with Gasteiger partial charge in [0.05, 0.1) is 24.4 Å². The smallest absolute Gasteiger partial charge is 0.253 e. The van der Waals surface area contributed by atoms with Crippen molar-refractivity contribution < 1.29 is 14.3 Å². The topological polar surface area (TPSA) is 79.5 Å². The van der Waals surface area contributed by atoms with Crippen LogP contribution in [-0.2, 0) is 9.53 Å². The summed E-state index contributed by atoms with van der Waals surface area (Å²) in [5.41, 5.74) is 0.975. The van der Waals surface area contributed by atoms with Crippen LogP contribution in [0.3, 0.4) is 0 Å². The van der Waals surface area contributed by atoms with Crippen molar-refractivity contribution >= 4 is 17.5 Å². The van der Waals surface area contributed by atoms with E-state index in [0.717, 1.165) is 12.8 Å². The van der Waals surface area contributed by atoms with Gasteiger partial charge in [-0.1, -0.05) is 12.1 Å². The highest BCUT2D eigenvalue weighted by Gasteiger charge is 2.21. The maximum absolute atomic E-state index is 12.1. The summed E-state index contributed by atoms with van der Waals surface area (Å²) in [5, 5.41) is 8.65. The van der Waals surface area contributed by atoms with Crippen molar-refractivity contribution in [2.75, 3.05) is 32.1 Å². The van der Waals surface area contributed by atoms with Crippen LogP contribution in [0.4, 0.5) is 5.69 Å². The Morgan fingerprint density at radius 2 is 2.05 bits per heavy atom. The molecule has 1 aromatic carbocycles. The van der Waals surface area contributed by atoms with E-state index in [2.05, 4.69) is 16.0 Å². The minimum atomic E-state index is -0.224. The van der Waals surface area contributed by atoms with E-state index in [1.54, 1.807) is 31.4 Å². The van der Waals surface area contributed by atoms with Crippen LogP contribution in [0, 0.1) is 0 Å². The molecule has 1 aliphatic carbocycles. The van der Waals surface area contributed by atoms with Crippen LogP contribution in [0.5, 0.6) is 0 Å². The largest absolute Gasteiger partial charge is 0.383 e. The third-order valence-corrected chi connectivity index (χ3v) is 3.17. The van der Waals surface area contributed by atoms with Crippen LogP contribution < -0.4 is 16.0 Å².